The van der Waals surface area contributed by atoms with Crippen LogP contribution in [0.25, 0.3) is 0 Å². The highest BCUT2D eigenvalue weighted by Gasteiger charge is 2.20. The quantitative estimate of drug-likeness (QED) is 0.647. The summed E-state index contributed by atoms with van der Waals surface area (Å²) in [5.41, 5.74) is 0. The van der Waals surface area contributed by atoms with Crippen molar-refractivity contribution in [3.8, 4) is 0 Å². The molecule has 74 valence electrons. The second-order valence-electron chi connectivity index (χ2n) is 2.94. The Morgan fingerprint density at radius 1 is 1.00 bits per heavy atom. The van der Waals surface area contributed by atoms with Crippen LogP contribution in [-0.4, -0.2) is 16.8 Å². The van der Waals surface area contributed by atoms with Crippen LogP contribution in [0.15, 0.2) is 0 Å². The molecule has 12 heavy (non-hydrogen) atoms. The Bertz CT molecular complexity index is 153. The molecule has 0 nitrogen and oxygen atoms in total. The first-order valence-corrected chi connectivity index (χ1v) is 11.5. The van der Waals surface area contributed by atoms with Crippen molar-refractivity contribution in [1.82, 2.24) is 0 Å². The van der Waals surface area contributed by atoms with Gasteiger partial charge in [0.25, 0.3) is 0 Å². The van der Waals surface area contributed by atoms with Crippen molar-refractivity contribution in [3.05, 3.63) is 0 Å². The van der Waals surface area contributed by atoms with Gasteiger partial charge in [-0.05, 0) is 6.26 Å². The van der Waals surface area contributed by atoms with Crippen molar-refractivity contribution in [3.63, 3.8) is 0 Å². The molecular formula is C7H17PS4. The van der Waals surface area contributed by atoms with Crippen molar-refractivity contribution in [2.24, 2.45) is 0 Å². The molecule has 0 fully saturated rings. The third-order valence-corrected chi connectivity index (χ3v) is 16.8. The lowest BCUT2D eigenvalue weighted by molar-refractivity contribution is 1.12. The first-order chi connectivity index (χ1) is 5.39. The summed E-state index contributed by atoms with van der Waals surface area (Å²) in [6.45, 7) is 8.90. The molecule has 0 heterocycles. The number of rotatable bonds is 5. The van der Waals surface area contributed by atoms with E-state index in [9.17, 15) is 0 Å². The largest absolute Gasteiger partial charge is 0.109 e. The van der Waals surface area contributed by atoms with Gasteiger partial charge in [-0.2, -0.15) is 0 Å². The fourth-order valence-electron chi connectivity index (χ4n) is 0.627. The first-order valence-electron chi connectivity index (χ1n) is 3.92. The third kappa shape index (κ3) is 6.20. The fraction of sp³-hybridized carbons (Fsp3) is 1.00. The van der Waals surface area contributed by atoms with Crippen LogP contribution in [0.5, 0.6) is 0 Å². The van der Waals surface area contributed by atoms with E-state index in [4.69, 9.17) is 11.8 Å². The Balaban J connectivity index is 4.15. The lowest BCUT2D eigenvalue weighted by Crippen LogP contribution is -1.87. The number of hydrogen-bond acceptors (Lipinski definition) is 4. The summed E-state index contributed by atoms with van der Waals surface area (Å²) in [4.78, 5) is 0. The molecule has 0 atom stereocenters. The van der Waals surface area contributed by atoms with Crippen molar-refractivity contribution >= 4 is 49.6 Å². The molecule has 0 aromatic heterocycles. The van der Waals surface area contributed by atoms with Crippen LogP contribution in [-0.2, 0) is 11.8 Å². The summed E-state index contributed by atoms with van der Waals surface area (Å²) < 4.78 is -1.23. The first kappa shape index (κ1) is 13.7. The summed E-state index contributed by atoms with van der Waals surface area (Å²) in [6, 6.07) is 0. The molecule has 0 saturated carbocycles. The van der Waals surface area contributed by atoms with E-state index < -0.39 is 3.64 Å². The maximum atomic E-state index is 5.66. The van der Waals surface area contributed by atoms with Gasteiger partial charge in [0.05, 0.1) is 0 Å². The van der Waals surface area contributed by atoms with E-state index in [2.05, 4.69) is 34.0 Å². The third-order valence-electron chi connectivity index (χ3n) is 0.903. The van der Waals surface area contributed by atoms with Crippen molar-refractivity contribution in [2.45, 2.75) is 38.2 Å². The minimum atomic E-state index is -1.23. The average Bonchev–Trinajstić information content (AvgIpc) is 1.83. The smallest absolute Gasteiger partial charge is 0.108 e. The van der Waals surface area contributed by atoms with Gasteiger partial charge in [0, 0.05) is 10.5 Å². The van der Waals surface area contributed by atoms with Crippen molar-refractivity contribution in [2.75, 3.05) is 6.26 Å². The lowest BCUT2D eigenvalue weighted by atomic mass is 10.6. The second-order valence-corrected chi connectivity index (χ2v) is 19.6. The molecule has 0 radical (unpaired) electrons. The molecule has 0 unspecified atom stereocenters. The molecular weight excluding hydrogens is 243 g/mol. The molecule has 0 aliphatic carbocycles. The van der Waals surface area contributed by atoms with Gasteiger partial charge in [0.1, 0.15) is 3.64 Å². The van der Waals surface area contributed by atoms with Gasteiger partial charge in [-0.1, -0.05) is 39.5 Å². The van der Waals surface area contributed by atoms with E-state index in [0.29, 0.717) is 10.5 Å². The second kappa shape index (κ2) is 6.23. The van der Waals surface area contributed by atoms with Gasteiger partial charge in [0.2, 0.25) is 0 Å². The number of hydrogen-bond donors (Lipinski definition) is 0. The zero-order valence-corrected chi connectivity index (χ0v) is 12.4. The van der Waals surface area contributed by atoms with Gasteiger partial charge in [-0.3, -0.25) is 0 Å². The molecule has 0 amide bonds. The van der Waals surface area contributed by atoms with Crippen LogP contribution in [0.4, 0.5) is 0 Å². The Morgan fingerprint density at radius 3 is 1.50 bits per heavy atom. The molecule has 0 aromatic rings. The zero-order chi connectivity index (χ0) is 9.78. The molecule has 0 aromatic carbocycles. The lowest BCUT2D eigenvalue weighted by Gasteiger charge is -2.21. The monoisotopic (exact) mass is 260 g/mol. The summed E-state index contributed by atoms with van der Waals surface area (Å²) >= 11 is 11.5. The van der Waals surface area contributed by atoms with Crippen LogP contribution in [0, 0.1) is 0 Å². The SMILES string of the molecule is CSP(=S)(SC(C)C)SC(C)C. The van der Waals surface area contributed by atoms with Crippen LogP contribution < -0.4 is 0 Å². The Hall–Kier alpha value is 1.70. The average molecular weight is 260 g/mol. The maximum absolute atomic E-state index is 5.66. The molecule has 0 spiro atoms. The van der Waals surface area contributed by atoms with Crippen LogP contribution >= 0.6 is 37.8 Å². The van der Waals surface area contributed by atoms with E-state index >= 15 is 0 Å². The normalized spacial score (nSPS) is 12.9. The highest BCUT2D eigenvalue weighted by atomic mass is 33.5. The molecule has 0 saturated heterocycles. The zero-order valence-electron chi connectivity index (χ0n) is 8.23. The summed E-state index contributed by atoms with van der Waals surface area (Å²) in [5.74, 6) is 0. The Labute approximate surface area is 93.7 Å². The van der Waals surface area contributed by atoms with Gasteiger partial charge in [0.15, 0.2) is 0 Å². The minimum absolute atomic E-state index is 0.662. The van der Waals surface area contributed by atoms with Gasteiger partial charge in [-0.15, -0.1) is 34.1 Å². The summed E-state index contributed by atoms with van der Waals surface area (Å²) in [7, 11) is 0. The van der Waals surface area contributed by atoms with E-state index in [1.54, 1.807) is 0 Å². The maximum Gasteiger partial charge on any atom is 0.109 e. The predicted octanol–water partition coefficient (Wildman–Crippen LogP) is 4.86. The van der Waals surface area contributed by atoms with E-state index in [-0.39, 0.29) is 0 Å². The van der Waals surface area contributed by atoms with Crippen LogP contribution in [0.1, 0.15) is 27.7 Å². The standard InChI is InChI=1S/C7H17PS4/c1-6(2)11-8(9,10-5)12-7(3)4/h6-7H,1-5H3. The summed E-state index contributed by atoms with van der Waals surface area (Å²) in [5, 5.41) is 1.32. The molecule has 0 rings (SSSR count). The van der Waals surface area contributed by atoms with E-state index in [1.807, 2.05) is 34.1 Å². The minimum Gasteiger partial charge on any atom is -0.108 e. The highest BCUT2D eigenvalue weighted by Crippen LogP contribution is 2.79. The molecule has 0 aliphatic rings. The predicted molar refractivity (Wildman–Crippen MR) is 73.3 cm³/mol. The van der Waals surface area contributed by atoms with Gasteiger partial charge in [-0.25, -0.2) is 0 Å². The van der Waals surface area contributed by atoms with Crippen molar-refractivity contribution in [1.29, 1.82) is 0 Å². The highest BCUT2D eigenvalue weighted by molar-refractivity contribution is 9.23. The summed E-state index contributed by atoms with van der Waals surface area (Å²) in [6.07, 6.45) is 2.14. The topological polar surface area (TPSA) is 0 Å². The molecule has 0 aliphatic heterocycles. The van der Waals surface area contributed by atoms with Gasteiger partial charge < -0.3 is 0 Å². The molecule has 0 N–H and O–H groups in total. The molecule has 5 heteroatoms. The Morgan fingerprint density at radius 2 is 1.33 bits per heavy atom. The van der Waals surface area contributed by atoms with Gasteiger partial charge >= 0.3 is 0 Å². The van der Waals surface area contributed by atoms with Crippen molar-refractivity contribution < 1.29 is 0 Å². The fourth-order valence-corrected chi connectivity index (χ4v) is 16.9. The van der Waals surface area contributed by atoms with Crippen LogP contribution in [0.2, 0.25) is 0 Å². The van der Waals surface area contributed by atoms with E-state index in [0.717, 1.165) is 0 Å². The van der Waals surface area contributed by atoms with E-state index in [1.165, 1.54) is 0 Å². The van der Waals surface area contributed by atoms with Crippen LogP contribution in [0.3, 0.4) is 0 Å². The molecule has 0 bridgehead atoms. The Kier molecular flexibility index (Phi) is 7.12.